The van der Waals surface area contributed by atoms with Crippen LogP contribution in [-0.2, 0) is 19.4 Å². The van der Waals surface area contributed by atoms with E-state index in [0.717, 1.165) is 66.4 Å². The smallest absolute Gasteiger partial charge is 0.230 e. The molecule has 0 radical (unpaired) electrons. The number of fused-ring (bicyclic) bond motifs is 4. The van der Waals surface area contributed by atoms with Gasteiger partial charge in [0.15, 0.2) is 0 Å². The first-order chi connectivity index (χ1) is 15.2. The molecule has 1 N–H and O–H groups in total. The summed E-state index contributed by atoms with van der Waals surface area (Å²) in [6.45, 7) is 3.08. The van der Waals surface area contributed by atoms with Crippen molar-refractivity contribution in [3.05, 3.63) is 51.7 Å². The highest BCUT2D eigenvalue weighted by Gasteiger charge is 2.23. The van der Waals surface area contributed by atoms with Gasteiger partial charge in [-0.2, -0.15) is 0 Å². The van der Waals surface area contributed by atoms with Crippen molar-refractivity contribution in [2.45, 2.75) is 58.4 Å². The number of aliphatic imine (C=N–C) groups is 1. The standard InChI is InChI=1S/C25H26BrN3O2/c1-2-3-8-13-29-20-11-6-5-10-19(20)28-25(29)27-15-17-23-16-9-4-7-12-21(16)31-22(23)14-18(26)24(17)30/h5-6,10-11,14-15,30H,2-4,7-9,12-13H2,1H3. The van der Waals surface area contributed by atoms with Gasteiger partial charge >= 0.3 is 0 Å². The molecule has 5 nitrogen and oxygen atoms in total. The SMILES string of the molecule is CCCCCn1c(N=Cc2c(O)c(Br)cc3oc4c(c23)CCCC4)nc2ccccc21. The molecular weight excluding hydrogens is 454 g/mol. The van der Waals surface area contributed by atoms with Crippen LogP contribution in [0.15, 0.2) is 44.2 Å². The number of rotatable bonds is 6. The second-order valence-electron chi connectivity index (χ2n) is 8.22. The molecule has 0 saturated carbocycles. The van der Waals surface area contributed by atoms with Crippen LogP contribution in [0.2, 0.25) is 0 Å². The van der Waals surface area contributed by atoms with Crippen LogP contribution in [0.3, 0.4) is 0 Å². The molecule has 0 bridgehead atoms. The van der Waals surface area contributed by atoms with E-state index in [0.29, 0.717) is 16.0 Å². The summed E-state index contributed by atoms with van der Waals surface area (Å²) in [5.41, 5.74) is 4.74. The molecule has 2 aromatic heterocycles. The van der Waals surface area contributed by atoms with Crippen LogP contribution in [0.25, 0.3) is 22.0 Å². The molecule has 5 rings (SSSR count). The van der Waals surface area contributed by atoms with Gasteiger partial charge in [-0.15, -0.1) is 0 Å². The van der Waals surface area contributed by atoms with Gasteiger partial charge < -0.3 is 14.1 Å². The van der Waals surface area contributed by atoms with Gasteiger partial charge in [-0.3, -0.25) is 0 Å². The molecule has 0 amide bonds. The summed E-state index contributed by atoms with van der Waals surface area (Å²) in [7, 11) is 0. The zero-order valence-electron chi connectivity index (χ0n) is 17.7. The molecule has 160 valence electrons. The first-order valence-electron chi connectivity index (χ1n) is 11.1. The topological polar surface area (TPSA) is 63.5 Å². The van der Waals surface area contributed by atoms with Crippen molar-refractivity contribution in [2.75, 3.05) is 0 Å². The van der Waals surface area contributed by atoms with E-state index < -0.39 is 0 Å². The van der Waals surface area contributed by atoms with Crippen molar-refractivity contribution in [3.8, 4) is 5.75 Å². The number of aryl methyl sites for hydroxylation is 3. The molecule has 1 aliphatic carbocycles. The van der Waals surface area contributed by atoms with Crippen LogP contribution in [0.1, 0.15) is 55.9 Å². The molecule has 0 fully saturated rings. The minimum absolute atomic E-state index is 0.194. The van der Waals surface area contributed by atoms with Gasteiger partial charge in [0, 0.05) is 35.7 Å². The van der Waals surface area contributed by atoms with E-state index >= 15 is 0 Å². The maximum Gasteiger partial charge on any atom is 0.230 e. The molecule has 0 saturated heterocycles. The van der Waals surface area contributed by atoms with Crippen LogP contribution in [0.4, 0.5) is 5.95 Å². The second-order valence-corrected chi connectivity index (χ2v) is 9.08. The Hall–Kier alpha value is -2.60. The minimum atomic E-state index is 0.194. The predicted octanol–water partition coefficient (Wildman–Crippen LogP) is 7.07. The van der Waals surface area contributed by atoms with Crippen molar-refractivity contribution in [1.29, 1.82) is 0 Å². The first kappa shape index (κ1) is 20.3. The fourth-order valence-electron chi connectivity index (χ4n) is 4.56. The zero-order valence-corrected chi connectivity index (χ0v) is 19.3. The summed E-state index contributed by atoms with van der Waals surface area (Å²) in [6.07, 6.45) is 9.38. The van der Waals surface area contributed by atoms with Gasteiger partial charge in [-0.05, 0) is 59.8 Å². The van der Waals surface area contributed by atoms with Gasteiger partial charge in [-0.25, -0.2) is 9.98 Å². The molecule has 2 heterocycles. The van der Waals surface area contributed by atoms with Gasteiger partial charge in [0.2, 0.25) is 5.95 Å². The summed E-state index contributed by atoms with van der Waals surface area (Å²) >= 11 is 3.48. The number of nitrogens with zero attached hydrogens (tertiary/aromatic N) is 3. The predicted molar refractivity (Wildman–Crippen MR) is 129 cm³/mol. The fraction of sp³-hybridized carbons (Fsp3) is 0.360. The summed E-state index contributed by atoms with van der Waals surface area (Å²) in [5.74, 6) is 1.90. The molecule has 0 aliphatic heterocycles. The van der Waals surface area contributed by atoms with Crippen molar-refractivity contribution >= 4 is 50.1 Å². The molecule has 31 heavy (non-hydrogen) atoms. The number of phenolic OH excluding ortho intramolecular Hbond substituents is 1. The number of unbranched alkanes of at least 4 members (excludes halogenated alkanes) is 2. The van der Waals surface area contributed by atoms with Crippen LogP contribution < -0.4 is 0 Å². The summed E-state index contributed by atoms with van der Waals surface area (Å²) in [5, 5.41) is 11.8. The number of hydrogen-bond donors (Lipinski definition) is 1. The van der Waals surface area contributed by atoms with E-state index in [4.69, 9.17) is 14.4 Å². The van der Waals surface area contributed by atoms with E-state index in [1.807, 2.05) is 24.3 Å². The van der Waals surface area contributed by atoms with Gasteiger partial charge in [-0.1, -0.05) is 31.9 Å². The number of phenols is 1. The first-order valence-corrected chi connectivity index (χ1v) is 11.9. The van der Waals surface area contributed by atoms with E-state index in [9.17, 15) is 5.11 Å². The Kier molecular flexibility index (Phi) is 5.57. The largest absolute Gasteiger partial charge is 0.506 e. The monoisotopic (exact) mass is 479 g/mol. The number of para-hydroxylation sites is 2. The van der Waals surface area contributed by atoms with Crippen LogP contribution >= 0.6 is 15.9 Å². The van der Waals surface area contributed by atoms with Crippen molar-refractivity contribution in [1.82, 2.24) is 9.55 Å². The van der Waals surface area contributed by atoms with Gasteiger partial charge in [0.1, 0.15) is 17.1 Å². The third-order valence-electron chi connectivity index (χ3n) is 6.14. The summed E-state index contributed by atoms with van der Waals surface area (Å²) in [4.78, 5) is 9.54. The third-order valence-corrected chi connectivity index (χ3v) is 6.74. The molecule has 0 atom stereocenters. The van der Waals surface area contributed by atoms with Crippen molar-refractivity contribution in [3.63, 3.8) is 0 Å². The van der Waals surface area contributed by atoms with E-state index in [1.165, 1.54) is 18.4 Å². The Morgan fingerprint density at radius 3 is 2.94 bits per heavy atom. The van der Waals surface area contributed by atoms with Gasteiger partial charge in [0.05, 0.1) is 15.5 Å². The second kappa shape index (κ2) is 8.50. The maximum atomic E-state index is 10.9. The average molecular weight is 480 g/mol. The molecule has 2 aromatic carbocycles. The number of benzene rings is 2. The number of hydrogen-bond acceptors (Lipinski definition) is 4. The lowest BCUT2D eigenvalue weighted by Gasteiger charge is -2.10. The molecule has 0 spiro atoms. The summed E-state index contributed by atoms with van der Waals surface area (Å²) < 4.78 is 8.93. The quantitative estimate of drug-likeness (QED) is 0.237. The highest BCUT2D eigenvalue weighted by molar-refractivity contribution is 9.10. The lowest BCUT2D eigenvalue weighted by atomic mass is 9.94. The normalized spacial score (nSPS) is 14.1. The number of aromatic nitrogens is 2. The third kappa shape index (κ3) is 3.67. The van der Waals surface area contributed by atoms with E-state index in [-0.39, 0.29) is 5.75 Å². The number of halogens is 1. The molecule has 0 unspecified atom stereocenters. The minimum Gasteiger partial charge on any atom is -0.506 e. The average Bonchev–Trinajstić information content (AvgIpc) is 3.32. The van der Waals surface area contributed by atoms with Gasteiger partial charge in [0.25, 0.3) is 0 Å². The zero-order chi connectivity index (χ0) is 21.4. The lowest BCUT2D eigenvalue weighted by Crippen LogP contribution is -2.00. The van der Waals surface area contributed by atoms with Crippen LogP contribution in [0.5, 0.6) is 5.75 Å². The van der Waals surface area contributed by atoms with E-state index in [2.05, 4.69) is 33.5 Å². The highest BCUT2D eigenvalue weighted by atomic mass is 79.9. The number of imidazole rings is 1. The number of furan rings is 1. The lowest BCUT2D eigenvalue weighted by molar-refractivity contribution is 0.471. The van der Waals surface area contributed by atoms with E-state index in [1.54, 1.807) is 6.21 Å². The molecule has 4 aromatic rings. The number of aromatic hydroxyl groups is 1. The molecule has 6 heteroatoms. The van der Waals surface area contributed by atoms with Crippen molar-refractivity contribution < 1.29 is 9.52 Å². The Labute approximate surface area is 189 Å². The molecule has 1 aliphatic rings. The Morgan fingerprint density at radius 1 is 1.23 bits per heavy atom. The highest BCUT2D eigenvalue weighted by Crippen LogP contribution is 2.40. The van der Waals surface area contributed by atoms with Crippen LogP contribution in [0, 0.1) is 0 Å². The maximum absolute atomic E-state index is 10.9. The molecular formula is C25H26BrN3O2. The van der Waals surface area contributed by atoms with Crippen molar-refractivity contribution in [2.24, 2.45) is 4.99 Å². The Bertz CT molecular complexity index is 1290. The summed E-state index contributed by atoms with van der Waals surface area (Å²) in [6, 6.07) is 10.0. The Balaban J connectivity index is 1.62. The fourth-order valence-corrected chi connectivity index (χ4v) is 4.99. The van der Waals surface area contributed by atoms with Crippen LogP contribution in [-0.4, -0.2) is 20.9 Å². The Morgan fingerprint density at radius 2 is 2.06 bits per heavy atom.